The van der Waals surface area contributed by atoms with E-state index in [0.29, 0.717) is 5.13 Å². The van der Waals surface area contributed by atoms with Crippen LogP contribution in [-0.4, -0.2) is 16.8 Å². The number of nitrogens with one attached hydrogen (secondary N) is 1. The second-order valence-electron chi connectivity index (χ2n) is 2.11. The Bertz CT molecular complexity index is 320. The Balaban J connectivity index is 2.64. The maximum absolute atomic E-state index is 10.7. The van der Waals surface area contributed by atoms with Crippen LogP contribution in [0.4, 0.5) is 5.13 Å². The van der Waals surface area contributed by atoms with Crippen molar-refractivity contribution in [2.24, 2.45) is 5.73 Å². The minimum Gasteiger partial charge on any atom is -0.361 e. The summed E-state index contributed by atoms with van der Waals surface area (Å²) in [6, 6.07) is 0. The van der Waals surface area contributed by atoms with Gasteiger partial charge in [-0.25, -0.2) is 4.98 Å². The van der Waals surface area contributed by atoms with Gasteiger partial charge in [-0.1, -0.05) is 0 Å². The minimum atomic E-state index is -1.01. The number of carbonyl (C=O) groups excluding carboxylic acids is 2. The summed E-state index contributed by atoms with van der Waals surface area (Å²) in [5, 5.41) is 4.40. The predicted octanol–water partition coefficient (Wildman–Crippen LogP) is -0.125. The Morgan fingerprint density at radius 3 is 2.75 bits per heavy atom. The molecule has 0 aliphatic rings. The molecule has 3 N–H and O–H groups in total. The largest absolute Gasteiger partial charge is 0.361 e. The van der Waals surface area contributed by atoms with Crippen LogP contribution in [0.3, 0.4) is 0 Å². The second-order valence-corrected chi connectivity index (χ2v) is 2.97. The van der Waals surface area contributed by atoms with Gasteiger partial charge in [0, 0.05) is 5.38 Å². The standard InChI is InChI=1S/C6H7N3O2S/c1-3-2-12-6(8-3)9-5(11)4(7)10/h2H,1H3,(H2,7,10)(H,8,9,11). The van der Waals surface area contributed by atoms with E-state index in [0.717, 1.165) is 5.69 Å². The van der Waals surface area contributed by atoms with E-state index in [1.807, 2.05) is 0 Å². The molecule has 2 amide bonds. The third-order valence-corrected chi connectivity index (χ3v) is 1.94. The van der Waals surface area contributed by atoms with E-state index in [4.69, 9.17) is 5.73 Å². The highest BCUT2D eigenvalue weighted by molar-refractivity contribution is 7.14. The summed E-state index contributed by atoms with van der Waals surface area (Å²) in [6.07, 6.45) is 0. The van der Waals surface area contributed by atoms with Crippen LogP contribution in [0.5, 0.6) is 0 Å². The highest BCUT2D eigenvalue weighted by Crippen LogP contribution is 2.13. The first-order chi connectivity index (χ1) is 5.59. The third kappa shape index (κ3) is 2.03. The number of thiazole rings is 1. The van der Waals surface area contributed by atoms with Gasteiger partial charge in [-0.2, -0.15) is 0 Å². The number of nitrogens with two attached hydrogens (primary N) is 1. The highest BCUT2D eigenvalue weighted by atomic mass is 32.1. The molecule has 0 saturated carbocycles. The maximum Gasteiger partial charge on any atom is 0.315 e. The number of nitrogens with zero attached hydrogens (tertiary/aromatic N) is 1. The number of anilines is 1. The average Bonchev–Trinajstić information content (AvgIpc) is 2.35. The van der Waals surface area contributed by atoms with Crippen LogP contribution >= 0.6 is 11.3 Å². The van der Waals surface area contributed by atoms with E-state index in [1.165, 1.54) is 11.3 Å². The molecule has 12 heavy (non-hydrogen) atoms. The molecule has 0 fully saturated rings. The molecule has 0 aromatic carbocycles. The topological polar surface area (TPSA) is 85.1 Å². The van der Waals surface area contributed by atoms with Gasteiger partial charge in [0.05, 0.1) is 5.69 Å². The number of aromatic nitrogens is 1. The van der Waals surface area contributed by atoms with Crippen molar-refractivity contribution in [3.05, 3.63) is 11.1 Å². The van der Waals surface area contributed by atoms with E-state index in [9.17, 15) is 9.59 Å². The van der Waals surface area contributed by atoms with Crippen molar-refractivity contribution in [3.63, 3.8) is 0 Å². The summed E-state index contributed by atoms with van der Waals surface area (Å²) in [4.78, 5) is 24.9. The number of hydrogen-bond acceptors (Lipinski definition) is 4. The SMILES string of the molecule is Cc1csc(NC(=O)C(N)=O)n1. The Hall–Kier alpha value is -1.43. The van der Waals surface area contributed by atoms with E-state index in [2.05, 4.69) is 10.3 Å². The van der Waals surface area contributed by atoms with Crippen LogP contribution in [0.2, 0.25) is 0 Å². The minimum absolute atomic E-state index is 0.385. The normalized spacial score (nSPS) is 9.42. The van der Waals surface area contributed by atoms with Gasteiger partial charge in [-0.15, -0.1) is 11.3 Å². The molecular weight excluding hydrogens is 178 g/mol. The number of rotatable bonds is 1. The molecule has 0 aliphatic carbocycles. The van der Waals surface area contributed by atoms with Gasteiger partial charge in [-0.05, 0) is 6.92 Å². The highest BCUT2D eigenvalue weighted by Gasteiger charge is 2.09. The van der Waals surface area contributed by atoms with E-state index < -0.39 is 11.8 Å². The summed E-state index contributed by atoms with van der Waals surface area (Å²) < 4.78 is 0. The van der Waals surface area contributed by atoms with Crippen molar-refractivity contribution < 1.29 is 9.59 Å². The molecule has 0 unspecified atom stereocenters. The lowest BCUT2D eigenvalue weighted by atomic mass is 10.6. The van der Waals surface area contributed by atoms with Crippen LogP contribution in [0, 0.1) is 6.92 Å². The summed E-state index contributed by atoms with van der Waals surface area (Å²) in [5.74, 6) is -1.85. The molecule has 0 atom stereocenters. The maximum atomic E-state index is 10.7. The first-order valence-corrected chi connectivity index (χ1v) is 4.00. The van der Waals surface area contributed by atoms with Crippen molar-refractivity contribution >= 4 is 28.3 Å². The number of aryl methyl sites for hydroxylation is 1. The zero-order valence-corrected chi connectivity index (χ0v) is 7.14. The van der Waals surface area contributed by atoms with Crippen LogP contribution in [-0.2, 0) is 9.59 Å². The monoisotopic (exact) mass is 185 g/mol. The Morgan fingerprint density at radius 1 is 1.67 bits per heavy atom. The Morgan fingerprint density at radius 2 is 2.33 bits per heavy atom. The van der Waals surface area contributed by atoms with E-state index >= 15 is 0 Å². The van der Waals surface area contributed by atoms with E-state index in [-0.39, 0.29) is 0 Å². The van der Waals surface area contributed by atoms with Gasteiger partial charge < -0.3 is 5.73 Å². The van der Waals surface area contributed by atoms with Crippen molar-refractivity contribution in [1.29, 1.82) is 0 Å². The summed E-state index contributed by atoms with van der Waals surface area (Å²) >= 11 is 1.24. The van der Waals surface area contributed by atoms with E-state index in [1.54, 1.807) is 12.3 Å². The zero-order valence-electron chi connectivity index (χ0n) is 6.33. The molecule has 1 rings (SSSR count). The molecule has 1 aromatic rings. The molecule has 0 aliphatic heterocycles. The van der Waals surface area contributed by atoms with Gasteiger partial charge in [0.25, 0.3) is 0 Å². The quantitative estimate of drug-likeness (QED) is 0.598. The first-order valence-electron chi connectivity index (χ1n) is 3.12. The first kappa shape index (κ1) is 8.66. The van der Waals surface area contributed by atoms with Gasteiger partial charge >= 0.3 is 11.8 Å². The molecule has 0 bridgehead atoms. The molecule has 0 radical (unpaired) electrons. The number of primary amides is 1. The van der Waals surface area contributed by atoms with Crippen molar-refractivity contribution in [3.8, 4) is 0 Å². The number of hydrogen-bond donors (Lipinski definition) is 2. The number of amides is 2. The molecule has 1 aromatic heterocycles. The molecule has 6 heteroatoms. The number of carbonyl (C=O) groups is 2. The van der Waals surface area contributed by atoms with Gasteiger partial charge in [-0.3, -0.25) is 14.9 Å². The fourth-order valence-electron chi connectivity index (χ4n) is 0.570. The lowest BCUT2D eigenvalue weighted by molar-refractivity contribution is -0.134. The fraction of sp³-hybridized carbons (Fsp3) is 0.167. The molecule has 64 valence electrons. The molecule has 5 nitrogen and oxygen atoms in total. The predicted molar refractivity (Wildman–Crippen MR) is 44.7 cm³/mol. The second kappa shape index (κ2) is 3.31. The lowest BCUT2D eigenvalue weighted by Gasteiger charge is -1.94. The van der Waals surface area contributed by atoms with Crippen LogP contribution in [0.15, 0.2) is 5.38 Å². The molecular formula is C6H7N3O2S. The summed E-state index contributed by atoms with van der Waals surface area (Å²) in [7, 11) is 0. The molecule has 0 saturated heterocycles. The zero-order chi connectivity index (χ0) is 9.14. The lowest BCUT2D eigenvalue weighted by Crippen LogP contribution is -2.29. The van der Waals surface area contributed by atoms with Crippen LogP contribution < -0.4 is 11.1 Å². The van der Waals surface area contributed by atoms with Crippen molar-refractivity contribution in [2.75, 3.05) is 5.32 Å². The Labute approximate surface area is 72.6 Å². The van der Waals surface area contributed by atoms with Crippen molar-refractivity contribution in [2.45, 2.75) is 6.92 Å². The van der Waals surface area contributed by atoms with Crippen LogP contribution in [0.25, 0.3) is 0 Å². The molecule has 0 spiro atoms. The summed E-state index contributed by atoms with van der Waals surface area (Å²) in [6.45, 7) is 1.79. The Kier molecular flexibility index (Phi) is 2.39. The fourth-order valence-corrected chi connectivity index (χ4v) is 1.25. The van der Waals surface area contributed by atoms with Gasteiger partial charge in [0.2, 0.25) is 0 Å². The smallest absolute Gasteiger partial charge is 0.315 e. The van der Waals surface area contributed by atoms with Crippen molar-refractivity contribution in [1.82, 2.24) is 4.98 Å². The average molecular weight is 185 g/mol. The molecule has 1 heterocycles. The third-order valence-electron chi connectivity index (χ3n) is 1.06. The van der Waals surface area contributed by atoms with Crippen LogP contribution in [0.1, 0.15) is 5.69 Å². The van der Waals surface area contributed by atoms with Gasteiger partial charge in [0.1, 0.15) is 0 Å². The van der Waals surface area contributed by atoms with Gasteiger partial charge in [0.15, 0.2) is 5.13 Å². The summed E-state index contributed by atoms with van der Waals surface area (Å²) in [5.41, 5.74) is 5.51.